The largest absolute Gasteiger partial charge is 0.396 e. The van der Waals surface area contributed by atoms with Crippen molar-refractivity contribution in [1.29, 1.82) is 0 Å². The molecule has 20 heavy (non-hydrogen) atoms. The molecule has 1 fully saturated rings. The fraction of sp³-hybridized carbons (Fsp3) is 0.400. The number of benzene rings is 1. The minimum absolute atomic E-state index is 0.0388. The zero-order chi connectivity index (χ0) is 14.1. The maximum Gasteiger partial charge on any atom is 0.251 e. The summed E-state index contributed by atoms with van der Waals surface area (Å²) in [6.07, 6.45) is 2.43. The average molecular weight is 274 g/mol. The number of carbonyl (C=O) groups is 1. The predicted molar refractivity (Wildman–Crippen MR) is 75.4 cm³/mol. The van der Waals surface area contributed by atoms with Gasteiger partial charge >= 0.3 is 0 Å². The van der Waals surface area contributed by atoms with E-state index >= 15 is 0 Å². The molecule has 4 N–H and O–H groups in total. The highest BCUT2D eigenvalue weighted by Crippen LogP contribution is 2.26. The number of amides is 1. The molecule has 106 valence electrons. The van der Waals surface area contributed by atoms with Gasteiger partial charge in [-0.1, -0.05) is 0 Å². The summed E-state index contributed by atoms with van der Waals surface area (Å²) in [5, 5.41) is 22.8. The lowest BCUT2D eigenvalue weighted by molar-refractivity contribution is 0.0903. The summed E-state index contributed by atoms with van der Waals surface area (Å²) in [5.74, 6) is -0.267. The number of H-pyrrole nitrogens is 1. The van der Waals surface area contributed by atoms with E-state index in [9.17, 15) is 9.90 Å². The molecule has 0 unspecified atom stereocenters. The molecule has 0 saturated heterocycles. The number of hydrogen-bond acceptors (Lipinski definition) is 3. The number of aliphatic hydroxyl groups excluding tert-OH is 2. The van der Waals surface area contributed by atoms with Crippen molar-refractivity contribution in [1.82, 2.24) is 10.3 Å². The number of hydrogen-bond donors (Lipinski definition) is 4. The second kappa shape index (κ2) is 5.26. The molecule has 3 atom stereocenters. The van der Waals surface area contributed by atoms with Gasteiger partial charge < -0.3 is 20.5 Å². The minimum Gasteiger partial charge on any atom is -0.396 e. The maximum absolute atomic E-state index is 12.2. The van der Waals surface area contributed by atoms with Gasteiger partial charge in [-0.15, -0.1) is 0 Å². The molecular formula is C15H18N2O3. The average Bonchev–Trinajstić information content (AvgIpc) is 3.03. The number of aliphatic hydroxyl groups is 2. The normalized spacial score (nSPS) is 26.0. The van der Waals surface area contributed by atoms with Gasteiger partial charge in [0.15, 0.2) is 0 Å². The van der Waals surface area contributed by atoms with Gasteiger partial charge in [-0.3, -0.25) is 4.79 Å². The van der Waals surface area contributed by atoms with Crippen LogP contribution < -0.4 is 5.32 Å². The topological polar surface area (TPSA) is 85.3 Å². The van der Waals surface area contributed by atoms with Gasteiger partial charge in [-0.05, 0) is 37.1 Å². The molecule has 0 bridgehead atoms. The van der Waals surface area contributed by atoms with Crippen LogP contribution >= 0.6 is 0 Å². The Morgan fingerprint density at radius 2 is 2.20 bits per heavy atom. The molecule has 5 nitrogen and oxygen atoms in total. The highest BCUT2D eigenvalue weighted by molar-refractivity contribution is 5.98. The van der Waals surface area contributed by atoms with Gasteiger partial charge in [0.05, 0.1) is 6.10 Å². The number of fused-ring (bicyclic) bond motifs is 1. The van der Waals surface area contributed by atoms with E-state index in [1.807, 2.05) is 24.4 Å². The Kier molecular flexibility index (Phi) is 3.46. The summed E-state index contributed by atoms with van der Waals surface area (Å²) >= 11 is 0. The van der Waals surface area contributed by atoms with Crippen LogP contribution in [-0.2, 0) is 0 Å². The van der Waals surface area contributed by atoms with Crippen LogP contribution in [0.1, 0.15) is 23.2 Å². The van der Waals surface area contributed by atoms with E-state index in [0.717, 1.165) is 10.9 Å². The first-order chi connectivity index (χ1) is 9.67. The molecule has 2 aromatic rings. The molecule has 0 aliphatic heterocycles. The van der Waals surface area contributed by atoms with Crippen LogP contribution in [0.5, 0.6) is 0 Å². The number of carbonyl (C=O) groups excluding carboxylic acids is 1. The van der Waals surface area contributed by atoms with Crippen molar-refractivity contribution in [3.63, 3.8) is 0 Å². The van der Waals surface area contributed by atoms with Crippen molar-refractivity contribution in [2.45, 2.75) is 25.0 Å². The Labute approximate surface area is 116 Å². The van der Waals surface area contributed by atoms with E-state index in [1.165, 1.54) is 0 Å². The van der Waals surface area contributed by atoms with Crippen LogP contribution in [-0.4, -0.2) is 39.9 Å². The Morgan fingerprint density at radius 3 is 2.95 bits per heavy atom. The number of aromatic amines is 1. The van der Waals surface area contributed by atoms with E-state index in [-0.39, 0.29) is 24.5 Å². The molecule has 1 aliphatic carbocycles. The summed E-state index contributed by atoms with van der Waals surface area (Å²) in [6, 6.07) is 7.35. The summed E-state index contributed by atoms with van der Waals surface area (Å²) in [4.78, 5) is 15.3. The van der Waals surface area contributed by atoms with E-state index < -0.39 is 6.10 Å². The van der Waals surface area contributed by atoms with Crippen LogP contribution in [0, 0.1) is 5.92 Å². The molecule has 1 aliphatic rings. The van der Waals surface area contributed by atoms with E-state index in [4.69, 9.17) is 5.11 Å². The second-order valence-electron chi connectivity index (χ2n) is 5.43. The predicted octanol–water partition coefficient (Wildman–Crippen LogP) is 1.03. The van der Waals surface area contributed by atoms with Crippen LogP contribution in [0.15, 0.2) is 30.5 Å². The van der Waals surface area contributed by atoms with E-state index in [0.29, 0.717) is 18.4 Å². The first kappa shape index (κ1) is 13.1. The summed E-state index contributed by atoms with van der Waals surface area (Å²) in [6.45, 7) is -0.0388. The molecule has 1 heterocycles. The van der Waals surface area contributed by atoms with Crippen LogP contribution in [0.3, 0.4) is 0 Å². The molecule has 0 radical (unpaired) electrons. The quantitative estimate of drug-likeness (QED) is 0.674. The third-order valence-corrected chi connectivity index (χ3v) is 4.04. The van der Waals surface area contributed by atoms with E-state index in [2.05, 4.69) is 10.3 Å². The fourth-order valence-corrected chi connectivity index (χ4v) is 2.88. The minimum atomic E-state index is -0.530. The number of nitrogens with one attached hydrogen (secondary N) is 2. The van der Waals surface area contributed by atoms with Gasteiger partial charge in [0.1, 0.15) is 0 Å². The monoisotopic (exact) mass is 274 g/mol. The smallest absolute Gasteiger partial charge is 0.251 e. The standard InChI is InChI=1S/C15H18N2O3/c18-8-11-6-12(7-14(11)19)17-15(20)10-1-2-13-9(5-10)3-4-16-13/h1-5,11-12,14,16,18-19H,6-8H2,(H,17,20)/t11-,12-,14+/m0/s1. The molecule has 0 spiro atoms. The van der Waals surface area contributed by atoms with Crippen molar-refractivity contribution in [3.8, 4) is 0 Å². The van der Waals surface area contributed by atoms with Crippen molar-refractivity contribution in [2.75, 3.05) is 6.61 Å². The Balaban J connectivity index is 1.70. The molecule has 1 aromatic heterocycles. The lowest BCUT2D eigenvalue weighted by Gasteiger charge is -2.12. The maximum atomic E-state index is 12.2. The molecule has 1 amide bonds. The lowest BCUT2D eigenvalue weighted by Crippen LogP contribution is -2.33. The van der Waals surface area contributed by atoms with Gasteiger partial charge in [0, 0.05) is 41.2 Å². The third kappa shape index (κ3) is 2.42. The van der Waals surface area contributed by atoms with E-state index in [1.54, 1.807) is 6.07 Å². The van der Waals surface area contributed by atoms with Crippen molar-refractivity contribution in [3.05, 3.63) is 36.0 Å². The first-order valence-corrected chi connectivity index (χ1v) is 6.84. The van der Waals surface area contributed by atoms with Crippen LogP contribution in [0.4, 0.5) is 0 Å². The molecular weight excluding hydrogens is 256 g/mol. The lowest BCUT2D eigenvalue weighted by atomic mass is 10.1. The zero-order valence-electron chi connectivity index (χ0n) is 11.0. The Morgan fingerprint density at radius 1 is 1.35 bits per heavy atom. The summed E-state index contributed by atoms with van der Waals surface area (Å²) in [5.41, 5.74) is 1.61. The second-order valence-corrected chi connectivity index (χ2v) is 5.43. The molecule has 3 rings (SSSR count). The Hall–Kier alpha value is -1.85. The van der Waals surface area contributed by atoms with Gasteiger partial charge in [0.25, 0.3) is 5.91 Å². The highest BCUT2D eigenvalue weighted by Gasteiger charge is 2.33. The third-order valence-electron chi connectivity index (χ3n) is 4.04. The molecule has 5 heteroatoms. The summed E-state index contributed by atoms with van der Waals surface area (Å²) in [7, 11) is 0. The summed E-state index contributed by atoms with van der Waals surface area (Å²) < 4.78 is 0. The molecule has 1 aromatic carbocycles. The van der Waals surface area contributed by atoms with Crippen molar-refractivity contribution in [2.24, 2.45) is 5.92 Å². The zero-order valence-corrected chi connectivity index (χ0v) is 11.0. The molecule has 1 saturated carbocycles. The number of aromatic nitrogens is 1. The first-order valence-electron chi connectivity index (χ1n) is 6.84. The van der Waals surface area contributed by atoms with Gasteiger partial charge in [-0.25, -0.2) is 0 Å². The Bertz CT molecular complexity index is 622. The van der Waals surface area contributed by atoms with Crippen molar-refractivity contribution < 1.29 is 15.0 Å². The van der Waals surface area contributed by atoms with Crippen LogP contribution in [0.25, 0.3) is 10.9 Å². The SMILES string of the molecule is O=C(N[C@H]1C[C@@H](CO)[C@H](O)C1)c1ccc2[nH]ccc2c1. The van der Waals surface area contributed by atoms with Gasteiger partial charge in [-0.2, -0.15) is 0 Å². The van der Waals surface area contributed by atoms with Gasteiger partial charge in [0.2, 0.25) is 0 Å². The van der Waals surface area contributed by atoms with Crippen LogP contribution in [0.2, 0.25) is 0 Å². The van der Waals surface area contributed by atoms with Crippen molar-refractivity contribution >= 4 is 16.8 Å². The fourth-order valence-electron chi connectivity index (χ4n) is 2.88. The number of rotatable bonds is 3. The highest BCUT2D eigenvalue weighted by atomic mass is 16.3.